The molecule has 0 heterocycles. The first-order valence-corrected chi connectivity index (χ1v) is 8.09. The summed E-state index contributed by atoms with van der Waals surface area (Å²) >= 11 is 0. The van der Waals surface area contributed by atoms with E-state index in [9.17, 15) is 9.59 Å². The summed E-state index contributed by atoms with van der Waals surface area (Å²) in [6, 6.07) is 9.61. The summed E-state index contributed by atoms with van der Waals surface area (Å²) in [7, 11) is 0. The van der Waals surface area contributed by atoms with Crippen LogP contribution >= 0.6 is 0 Å². The Hall–Kier alpha value is -2.28. The molecule has 0 atom stereocenters. The van der Waals surface area contributed by atoms with Gasteiger partial charge in [0.1, 0.15) is 6.42 Å². The second-order valence-corrected chi connectivity index (χ2v) is 5.63. The summed E-state index contributed by atoms with van der Waals surface area (Å²) in [4.78, 5) is 23.4. The first-order valence-electron chi connectivity index (χ1n) is 8.09. The van der Waals surface area contributed by atoms with E-state index in [0.29, 0.717) is 12.8 Å². The Morgan fingerprint density at radius 2 is 1.78 bits per heavy atom. The van der Waals surface area contributed by atoms with Gasteiger partial charge in [0.25, 0.3) is 0 Å². The summed E-state index contributed by atoms with van der Waals surface area (Å²) in [5, 5.41) is 0. The lowest BCUT2D eigenvalue weighted by Crippen LogP contribution is -2.36. The van der Waals surface area contributed by atoms with Gasteiger partial charge >= 0.3 is 11.9 Å². The molecule has 0 unspecified atom stereocenters. The van der Waals surface area contributed by atoms with Crippen LogP contribution in [0.3, 0.4) is 0 Å². The summed E-state index contributed by atoms with van der Waals surface area (Å²) < 4.78 is 10.4. The summed E-state index contributed by atoms with van der Waals surface area (Å²) in [5.41, 5.74) is 0.108. The van der Waals surface area contributed by atoms with Gasteiger partial charge < -0.3 is 9.47 Å². The molecule has 1 fully saturated rings. The largest absolute Gasteiger partial charge is 0.466 e. The quantitative estimate of drug-likeness (QED) is 0.486. The first-order chi connectivity index (χ1) is 11.1. The van der Waals surface area contributed by atoms with Gasteiger partial charge in [0.15, 0.2) is 5.60 Å². The number of benzene rings is 1. The molecule has 0 amide bonds. The normalized spacial score (nSPS) is 15.9. The van der Waals surface area contributed by atoms with Crippen LogP contribution in [0.15, 0.2) is 30.3 Å². The fourth-order valence-corrected chi connectivity index (χ4v) is 2.67. The van der Waals surface area contributed by atoms with Crippen molar-refractivity contribution in [2.24, 2.45) is 0 Å². The van der Waals surface area contributed by atoms with E-state index in [0.717, 1.165) is 24.8 Å². The lowest BCUT2D eigenvalue weighted by atomic mass is 9.85. The molecule has 0 saturated heterocycles. The van der Waals surface area contributed by atoms with E-state index in [1.54, 1.807) is 6.92 Å². The van der Waals surface area contributed by atoms with Crippen LogP contribution in [0.4, 0.5) is 0 Å². The minimum absolute atomic E-state index is 0.255. The van der Waals surface area contributed by atoms with E-state index in [1.807, 2.05) is 30.3 Å². The number of carbonyl (C=O) groups is 2. The fourth-order valence-electron chi connectivity index (χ4n) is 2.67. The van der Waals surface area contributed by atoms with Gasteiger partial charge in [0.05, 0.1) is 6.61 Å². The molecule has 4 nitrogen and oxygen atoms in total. The Labute approximate surface area is 137 Å². The highest BCUT2D eigenvalue weighted by Gasteiger charge is 2.34. The Balaban J connectivity index is 2.08. The van der Waals surface area contributed by atoms with Crippen molar-refractivity contribution in [3.05, 3.63) is 35.9 Å². The molecule has 0 aromatic heterocycles. The van der Waals surface area contributed by atoms with Gasteiger partial charge in [-0.1, -0.05) is 30.5 Å². The summed E-state index contributed by atoms with van der Waals surface area (Å²) in [5.74, 6) is 5.12. The third kappa shape index (κ3) is 5.45. The van der Waals surface area contributed by atoms with Gasteiger partial charge in [-0.3, -0.25) is 9.59 Å². The average Bonchev–Trinajstić information content (AvgIpc) is 2.55. The minimum Gasteiger partial charge on any atom is -0.466 e. The van der Waals surface area contributed by atoms with Crippen LogP contribution in [-0.4, -0.2) is 24.1 Å². The minimum atomic E-state index is -0.780. The lowest BCUT2D eigenvalue weighted by Gasteiger charge is -2.32. The number of hydrogen-bond donors (Lipinski definition) is 0. The van der Waals surface area contributed by atoms with Gasteiger partial charge in [0, 0.05) is 5.56 Å². The lowest BCUT2D eigenvalue weighted by molar-refractivity contribution is -0.162. The molecule has 1 aromatic rings. The van der Waals surface area contributed by atoms with E-state index in [1.165, 1.54) is 0 Å². The topological polar surface area (TPSA) is 52.6 Å². The van der Waals surface area contributed by atoms with Crippen molar-refractivity contribution >= 4 is 11.9 Å². The standard InChI is InChI=1S/C19H22O4/c1-2-22-17(20)15-18(21)23-19(12-7-4-8-13-19)14-11-16-9-5-3-6-10-16/h3,5-6,9-10H,2,4,7-8,12-13,15H2,1H3. The zero-order valence-electron chi connectivity index (χ0n) is 13.5. The van der Waals surface area contributed by atoms with Crippen LogP contribution < -0.4 is 0 Å². The molecule has 0 aliphatic heterocycles. The number of esters is 2. The second-order valence-electron chi connectivity index (χ2n) is 5.63. The first kappa shape index (κ1) is 17.1. The van der Waals surface area contributed by atoms with Crippen molar-refractivity contribution in [3.63, 3.8) is 0 Å². The zero-order valence-corrected chi connectivity index (χ0v) is 13.5. The van der Waals surface area contributed by atoms with Crippen LogP contribution in [0.2, 0.25) is 0 Å². The maximum absolute atomic E-state index is 12.0. The van der Waals surface area contributed by atoms with Crippen molar-refractivity contribution in [2.75, 3.05) is 6.61 Å². The Morgan fingerprint density at radius 1 is 1.09 bits per heavy atom. The monoisotopic (exact) mass is 314 g/mol. The molecule has 0 spiro atoms. The van der Waals surface area contributed by atoms with Crippen molar-refractivity contribution in [2.45, 2.75) is 51.0 Å². The van der Waals surface area contributed by atoms with Crippen molar-refractivity contribution in [1.82, 2.24) is 0 Å². The highest BCUT2D eigenvalue weighted by Crippen LogP contribution is 2.31. The van der Waals surface area contributed by atoms with Gasteiger partial charge in [-0.25, -0.2) is 0 Å². The molecule has 0 bridgehead atoms. The molecule has 1 aliphatic rings. The van der Waals surface area contributed by atoms with Crippen molar-refractivity contribution in [1.29, 1.82) is 0 Å². The zero-order chi connectivity index (χ0) is 16.5. The smallest absolute Gasteiger partial charge is 0.318 e. The maximum Gasteiger partial charge on any atom is 0.318 e. The molecule has 2 rings (SSSR count). The van der Waals surface area contributed by atoms with Gasteiger partial charge in [0.2, 0.25) is 0 Å². The Bertz CT molecular complexity index is 589. The SMILES string of the molecule is CCOC(=O)CC(=O)OC1(C#Cc2ccccc2)CCCCC1. The van der Waals surface area contributed by atoms with E-state index in [4.69, 9.17) is 9.47 Å². The number of hydrogen-bond acceptors (Lipinski definition) is 4. The van der Waals surface area contributed by atoms with Crippen molar-refractivity contribution in [3.8, 4) is 11.8 Å². The van der Waals surface area contributed by atoms with Crippen molar-refractivity contribution < 1.29 is 19.1 Å². The van der Waals surface area contributed by atoms with E-state index < -0.39 is 17.5 Å². The third-order valence-corrected chi connectivity index (χ3v) is 3.77. The third-order valence-electron chi connectivity index (χ3n) is 3.77. The van der Waals surface area contributed by atoms with Crippen LogP contribution in [0.5, 0.6) is 0 Å². The number of rotatable bonds is 4. The van der Waals surface area contributed by atoms with Gasteiger partial charge in [-0.2, -0.15) is 0 Å². The molecule has 0 N–H and O–H groups in total. The molecule has 23 heavy (non-hydrogen) atoms. The second kappa shape index (κ2) is 8.38. The Kier molecular flexibility index (Phi) is 6.22. The average molecular weight is 314 g/mol. The summed E-state index contributed by atoms with van der Waals surface area (Å²) in [6.07, 6.45) is 4.11. The molecule has 1 aliphatic carbocycles. The predicted molar refractivity (Wildman–Crippen MR) is 86.5 cm³/mol. The highest BCUT2D eigenvalue weighted by atomic mass is 16.6. The predicted octanol–water partition coefficient (Wildman–Crippen LogP) is 3.24. The molecule has 0 radical (unpaired) electrons. The molecule has 1 saturated carbocycles. The van der Waals surface area contributed by atoms with Crippen LogP contribution in [0, 0.1) is 11.8 Å². The fraction of sp³-hybridized carbons (Fsp3) is 0.474. The molecular weight excluding hydrogens is 292 g/mol. The number of carbonyl (C=O) groups excluding carboxylic acids is 2. The molecule has 1 aromatic carbocycles. The van der Waals surface area contributed by atoms with Crippen LogP contribution in [-0.2, 0) is 19.1 Å². The molecular formula is C19H22O4. The molecule has 122 valence electrons. The van der Waals surface area contributed by atoms with E-state index >= 15 is 0 Å². The summed E-state index contributed by atoms with van der Waals surface area (Å²) in [6.45, 7) is 1.96. The van der Waals surface area contributed by atoms with E-state index in [2.05, 4.69) is 11.8 Å². The maximum atomic E-state index is 12.0. The van der Waals surface area contributed by atoms with Crippen LogP contribution in [0.25, 0.3) is 0 Å². The van der Waals surface area contributed by atoms with Crippen LogP contribution in [0.1, 0.15) is 51.0 Å². The van der Waals surface area contributed by atoms with Gasteiger partial charge in [-0.15, -0.1) is 0 Å². The van der Waals surface area contributed by atoms with Gasteiger partial charge in [-0.05, 0) is 50.7 Å². The van der Waals surface area contributed by atoms with E-state index in [-0.39, 0.29) is 13.0 Å². The number of ether oxygens (including phenoxy) is 2. The molecule has 4 heteroatoms. The Morgan fingerprint density at radius 3 is 2.43 bits per heavy atom. The highest BCUT2D eigenvalue weighted by molar-refractivity contribution is 5.91.